The molecule has 0 radical (unpaired) electrons. The van der Waals surface area contributed by atoms with Gasteiger partial charge in [0.1, 0.15) is 0 Å². The topological polar surface area (TPSA) is 58.2 Å². The molecule has 0 aliphatic carbocycles. The van der Waals surface area contributed by atoms with Crippen molar-refractivity contribution in [3.8, 4) is 0 Å². The third-order valence-corrected chi connectivity index (χ3v) is 3.91. The summed E-state index contributed by atoms with van der Waals surface area (Å²) in [5, 5.41) is 6.59. The Morgan fingerprint density at radius 2 is 1.57 bits per heavy atom. The minimum absolute atomic E-state index is 0.116. The molecule has 2 N–H and O–H groups in total. The van der Waals surface area contributed by atoms with Crippen LogP contribution in [0.2, 0.25) is 15.1 Å². The molecule has 0 heterocycles. The lowest BCUT2D eigenvalue weighted by Gasteiger charge is -2.07. The molecule has 0 bridgehead atoms. The SMILES string of the molecule is O=C(Cc1ccc(Cl)c(Cl)c1)NCC(=O)Nc1ccc(Cl)cc1. The number of amides is 2. The summed E-state index contributed by atoms with van der Waals surface area (Å²) in [4.78, 5) is 23.6. The first-order valence-electron chi connectivity index (χ1n) is 6.70. The molecule has 0 fully saturated rings. The number of anilines is 1. The maximum atomic E-state index is 11.8. The summed E-state index contributed by atoms with van der Waals surface area (Å²) in [6.45, 7) is -0.122. The predicted molar refractivity (Wildman–Crippen MR) is 93.3 cm³/mol. The second kappa shape index (κ2) is 8.20. The number of halogens is 3. The highest BCUT2D eigenvalue weighted by Gasteiger charge is 2.08. The van der Waals surface area contributed by atoms with Crippen molar-refractivity contribution in [3.05, 3.63) is 63.1 Å². The molecule has 7 heteroatoms. The second-order valence-corrected chi connectivity index (χ2v) is 6.01. The van der Waals surface area contributed by atoms with Crippen molar-refractivity contribution >= 4 is 52.3 Å². The van der Waals surface area contributed by atoms with E-state index in [9.17, 15) is 9.59 Å². The van der Waals surface area contributed by atoms with Crippen LogP contribution >= 0.6 is 34.8 Å². The lowest BCUT2D eigenvalue weighted by molar-refractivity contribution is -0.123. The van der Waals surface area contributed by atoms with Gasteiger partial charge in [0.15, 0.2) is 0 Å². The van der Waals surface area contributed by atoms with Crippen LogP contribution < -0.4 is 10.6 Å². The van der Waals surface area contributed by atoms with Crippen LogP contribution in [-0.2, 0) is 16.0 Å². The van der Waals surface area contributed by atoms with Crippen LogP contribution in [0.25, 0.3) is 0 Å². The highest BCUT2D eigenvalue weighted by Crippen LogP contribution is 2.22. The first-order valence-corrected chi connectivity index (χ1v) is 7.83. The maximum Gasteiger partial charge on any atom is 0.243 e. The summed E-state index contributed by atoms with van der Waals surface area (Å²) in [7, 11) is 0. The van der Waals surface area contributed by atoms with E-state index in [1.165, 1.54) is 0 Å². The highest BCUT2D eigenvalue weighted by molar-refractivity contribution is 6.42. The monoisotopic (exact) mass is 370 g/mol. The first-order chi connectivity index (χ1) is 10.9. The van der Waals surface area contributed by atoms with Crippen molar-refractivity contribution in [2.45, 2.75) is 6.42 Å². The van der Waals surface area contributed by atoms with Crippen molar-refractivity contribution in [1.29, 1.82) is 0 Å². The molecule has 2 aromatic carbocycles. The summed E-state index contributed by atoms with van der Waals surface area (Å²) >= 11 is 17.5. The van der Waals surface area contributed by atoms with E-state index in [0.29, 0.717) is 20.8 Å². The molecule has 0 aliphatic heterocycles. The van der Waals surface area contributed by atoms with Crippen LogP contribution in [0.5, 0.6) is 0 Å². The molecule has 2 amide bonds. The fourth-order valence-corrected chi connectivity index (χ4v) is 2.26. The lowest BCUT2D eigenvalue weighted by atomic mass is 10.1. The summed E-state index contributed by atoms with van der Waals surface area (Å²) in [6.07, 6.45) is 0.116. The van der Waals surface area contributed by atoms with Crippen LogP contribution in [0.15, 0.2) is 42.5 Å². The van der Waals surface area contributed by atoms with E-state index in [4.69, 9.17) is 34.8 Å². The van der Waals surface area contributed by atoms with Crippen LogP contribution in [0.3, 0.4) is 0 Å². The Balaban J connectivity index is 1.80. The molecule has 0 saturated carbocycles. The normalized spacial score (nSPS) is 10.2. The molecule has 2 rings (SSSR count). The van der Waals surface area contributed by atoms with Crippen LogP contribution in [0.1, 0.15) is 5.56 Å². The lowest BCUT2D eigenvalue weighted by Crippen LogP contribution is -2.33. The zero-order valence-electron chi connectivity index (χ0n) is 11.9. The van der Waals surface area contributed by atoms with Crippen molar-refractivity contribution in [2.24, 2.45) is 0 Å². The van der Waals surface area contributed by atoms with Crippen molar-refractivity contribution < 1.29 is 9.59 Å². The largest absolute Gasteiger partial charge is 0.347 e. The van der Waals surface area contributed by atoms with Gasteiger partial charge in [-0.3, -0.25) is 9.59 Å². The van der Waals surface area contributed by atoms with Crippen molar-refractivity contribution in [2.75, 3.05) is 11.9 Å². The fourth-order valence-electron chi connectivity index (χ4n) is 1.81. The summed E-state index contributed by atoms with van der Waals surface area (Å²) < 4.78 is 0. The average Bonchev–Trinajstić information content (AvgIpc) is 2.51. The van der Waals surface area contributed by atoms with Gasteiger partial charge in [-0.2, -0.15) is 0 Å². The van der Waals surface area contributed by atoms with Gasteiger partial charge in [0, 0.05) is 10.7 Å². The summed E-state index contributed by atoms with van der Waals surface area (Å²) in [5.41, 5.74) is 1.33. The number of hydrogen-bond donors (Lipinski definition) is 2. The Hall–Kier alpha value is -1.75. The molecular formula is C16H13Cl3N2O2. The van der Waals surface area contributed by atoms with Gasteiger partial charge in [-0.25, -0.2) is 0 Å². The Morgan fingerprint density at radius 3 is 2.22 bits per heavy atom. The standard InChI is InChI=1S/C16H13Cl3N2O2/c17-11-2-4-12(5-3-11)21-16(23)9-20-15(22)8-10-1-6-13(18)14(19)7-10/h1-7H,8-9H2,(H,20,22)(H,21,23). The Morgan fingerprint density at radius 1 is 0.870 bits per heavy atom. The Kier molecular flexibility index (Phi) is 6.28. The molecule has 0 saturated heterocycles. The third-order valence-electron chi connectivity index (χ3n) is 2.92. The van der Waals surface area contributed by atoms with E-state index >= 15 is 0 Å². The fraction of sp³-hybridized carbons (Fsp3) is 0.125. The number of rotatable bonds is 5. The quantitative estimate of drug-likeness (QED) is 0.836. The number of carbonyl (C=O) groups is 2. The molecule has 0 atom stereocenters. The van der Waals surface area contributed by atoms with Crippen LogP contribution in [-0.4, -0.2) is 18.4 Å². The van der Waals surface area contributed by atoms with Gasteiger partial charge in [0.2, 0.25) is 11.8 Å². The molecular weight excluding hydrogens is 359 g/mol. The number of nitrogens with one attached hydrogen (secondary N) is 2. The van der Waals surface area contributed by atoms with Crippen molar-refractivity contribution in [1.82, 2.24) is 5.32 Å². The maximum absolute atomic E-state index is 11.8. The van der Waals surface area contributed by atoms with Gasteiger partial charge in [-0.15, -0.1) is 0 Å². The Labute approximate surface area is 148 Å². The highest BCUT2D eigenvalue weighted by atomic mass is 35.5. The van der Waals surface area contributed by atoms with Gasteiger partial charge in [-0.1, -0.05) is 40.9 Å². The molecule has 4 nitrogen and oxygen atoms in total. The number of hydrogen-bond acceptors (Lipinski definition) is 2. The summed E-state index contributed by atoms with van der Waals surface area (Å²) in [5.74, 6) is -0.607. The Bertz CT molecular complexity index is 718. The molecule has 2 aromatic rings. The van der Waals surface area contributed by atoms with Gasteiger partial charge >= 0.3 is 0 Å². The molecule has 120 valence electrons. The summed E-state index contributed by atoms with van der Waals surface area (Å²) in [6, 6.07) is 11.6. The number of carbonyl (C=O) groups excluding carboxylic acids is 2. The second-order valence-electron chi connectivity index (χ2n) is 4.76. The molecule has 23 heavy (non-hydrogen) atoms. The predicted octanol–water partition coefficient (Wildman–Crippen LogP) is 3.94. The van der Waals surface area contributed by atoms with E-state index < -0.39 is 0 Å². The zero-order chi connectivity index (χ0) is 16.8. The minimum atomic E-state index is -0.324. The van der Waals surface area contributed by atoms with Crippen LogP contribution in [0.4, 0.5) is 5.69 Å². The first kappa shape index (κ1) is 17.6. The molecule has 0 spiro atoms. The van der Waals surface area contributed by atoms with E-state index in [1.54, 1.807) is 42.5 Å². The average molecular weight is 372 g/mol. The molecule has 0 aliphatic rings. The van der Waals surface area contributed by atoms with Crippen molar-refractivity contribution in [3.63, 3.8) is 0 Å². The third kappa shape index (κ3) is 5.75. The van der Waals surface area contributed by atoms with Gasteiger partial charge in [0.05, 0.1) is 23.0 Å². The van der Waals surface area contributed by atoms with Crippen LogP contribution in [0, 0.1) is 0 Å². The van der Waals surface area contributed by atoms with E-state index in [1.807, 2.05) is 0 Å². The van der Waals surface area contributed by atoms with E-state index in [0.717, 1.165) is 5.56 Å². The van der Waals surface area contributed by atoms with Gasteiger partial charge in [-0.05, 0) is 42.0 Å². The van der Waals surface area contributed by atoms with E-state index in [-0.39, 0.29) is 24.8 Å². The zero-order valence-corrected chi connectivity index (χ0v) is 14.2. The van der Waals surface area contributed by atoms with Gasteiger partial charge < -0.3 is 10.6 Å². The minimum Gasteiger partial charge on any atom is -0.347 e. The van der Waals surface area contributed by atoms with E-state index in [2.05, 4.69) is 10.6 Å². The smallest absolute Gasteiger partial charge is 0.243 e. The number of benzene rings is 2. The van der Waals surface area contributed by atoms with Gasteiger partial charge in [0.25, 0.3) is 0 Å². The molecule has 0 aromatic heterocycles. The molecule has 0 unspecified atom stereocenters.